The fraction of sp³-hybridized carbons (Fsp3) is 0.923. The van der Waals surface area contributed by atoms with Crippen molar-refractivity contribution >= 4 is 18.3 Å². The third-order valence-electron chi connectivity index (χ3n) is 3.84. The maximum absolute atomic E-state index is 11.8. The summed E-state index contributed by atoms with van der Waals surface area (Å²) in [6.07, 6.45) is 5.22. The molecule has 2 heterocycles. The standard InChI is InChI=1S/C13H24N2O2.ClH/c1-13(5-3-6-14-9-13)10-15-12(16)8-11-4-2-7-17-11;/h11,14H,2-10H2,1H3,(H,15,16);1H. The number of rotatable bonds is 4. The Morgan fingerprint density at radius 1 is 1.50 bits per heavy atom. The molecule has 2 rings (SSSR count). The quantitative estimate of drug-likeness (QED) is 0.818. The lowest BCUT2D eigenvalue weighted by Gasteiger charge is -2.34. The molecule has 0 aliphatic carbocycles. The zero-order chi connectivity index (χ0) is 12.1. The normalized spacial score (nSPS) is 31.7. The number of piperidine rings is 1. The van der Waals surface area contributed by atoms with Crippen molar-refractivity contribution in [1.29, 1.82) is 0 Å². The van der Waals surface area contributed by atoms with Crippen molar-refractivity contribution < 1.29 is 9.53 Å². The van der Waals surface area contributed by atoms with Gasteiger partial charge in [-0.1, -0.05) is 6.92 Å². The predicted octanol–water partition coefficient (Wildman–Crippen LogP) is 1.48. The average molecular weight is 277 g/mol. The molecular weight excluding hydrogens is 252 g/mol. The van der Waals surface area contributed by atoms with Crippen molar-refractivity contribution in [2.24, 2.45) is 5.41 Å². The largest absolute Gasteiger partial charge is 0.378 e. The van der Waals surface area contributed by atoms with Gasteiger partial charge in [0.1, 0.15) is 0 Å². The fourth-order valence-corrected chi connectivity index (χ4v) is 2.67. The number of halogens is 1. The molecule has 0 aromatic carbocycles. The van der Waals surface area contributed by atoms with Crippen molar-refractivity contribution in [2.75, 3.05) is 26.2 Å². The predicted molar refractivity (Wildman–Crippen MR) is 74.1 cm³/mol. The van der Waals surface area contributed by atoms with Gasteiger partial charge in [-0.05, 0) is 37.6 Å². The van der Waals surface area contributed by atoms with Gasteiger partial charge < -0.3 is 15.4 Å². The smallest absolute Gasteiger partial charge is 0.222 e. The SMILES string of the molecule is CC1(CNC(=O)CC2CCCO2)CCCNC1.Cl. The van der Waals surface area contributed by atoms with E-state index in [1.54, 1.807) is 0 Å². The van der Waals surface area contributed by atoms with E-state index in [-0.39, 0.29) is 29.8 Å². The lowest BCUT2D eigenvalue weighted by Crippen LogP contribution is -2.46. The molecular formula is C13H25ClN2O2. The van der Waals surface area contributed by atoms with Gasteiger partial charge in [0.2, 0.25) is 5.91 Å². The highest BCUT2D eigenvalue weighted by atomic mass is 35.5. The van der Waals surface area contributed by atoms with Gasteiger partial charge in [0.25, 0.3) is 0 Å². The van der Waals surface area contributed by atoms with Crippen LogP contribution in [0, 0.1) is 5.41 Å². The average Bonchev–Trinajstić information content (AvgIpc) is 2.80. The van der Waals surface area contributed by atoms with Crippen LogP contribution in [0.2, 0.25) is 0 Å². The minimum Gasteiger partial charge on any atom is -0.378 e. The van der Waals surface area contributed by atoms with E-state index in [9.17, 15) is 4.79 Å². The summed E-state index contributed by atoms with van der Waals surface area (Å²) in [6, 6.07) is 0. The van der Waals surface area contributed by atoms with Crippen LogP contribution in [0.1, 0.15) is 39.0 Å². The number of amides is 1. The van der Waals surface area contributed by atoms with Gasteiger partial charge in [0.15, 0.2) is 0 Å². The van der Waals surface area contributed by atoms with E-state index in [2.05, 4.69) is 17.6 Å². The summed E-state index contributed by atoms with van der Waals surface area (Å²) in [6.45, 7) is 5.96. The Labute approximate surface area is 116 Å². The van der Waals surface area contributed by atoms with Crippen molar-refractivity contribution in [2.45, 2.75) is 45.1 Å². The van der Waals surface area contributed by atoms with E-state index >= 15 is 0 Å². The molecule has 5 heteroatoms. The Kier molecular flexibility index (Phi) is 6.39. The zero-order valence-corrected chi connectivity index (χ0v) is 12.0. The molecule has 4 nitrogen and oxygen atoms in total. The molecule has 2 N–H and O–H groups in total. The van der Waals surface area contributed by atoms with Crippen molar-refractivity contribution in [3.8, 4) is 0 Å². The Morgan fingerprint density at radius 2 is 2.33 bits per heavy atom. The second kappa shape index (κ2) is 7.31. The number of carbonyl (C=O) groups excluding carboxylic acids is 1. The van der Waals surface area contributed by atoms with Gasteiger partial charge in [0.05, 0.1) is 12.5 Å². The molecule has 106 valence electrons. The molecule has 2 aliphatic heterocycles. The third-order valence-corrected chi connectivity index (χ3v) is 3.84. The van der Waals surface area contributed by atoms with Crippen LogP contribution in [0.15, 0.2) is 0 Å². The van der Waals surface area contributed by atoms with E-state index in [1.165, 1.54) is 12.8 Å². The fourth-order valence-electron chi connectivity index (χ4n) is 2.67. The highest BCUT2D eigenvalue weighted by Gasteiger charge is 2.27. The molecule has 1 amide bonds. The second-order valence-electron chi connectivity index (χ2n) is 5.71. The van der Waals surface area contributed by atoms with Crippen LogP contribution in [-0.4, -0.2) is 38.3 Å². The van der Waals surface area contributed by atoms with E-state index in [4.69, 9.17) is 4.74 Å². The maximum Gasteiger partial charge on any atom is 0.222 e. The Hall–Kier alpha value is -0.320. The molecule has 0 saturated carbocycles. The van der Waals surface area contributed by atoms with E-state index in [0.717, 1.165) is 39.1 Å². The minimum absolute atomic E-state index is 0. The van der Waals surface area contributed by atoms with Gasteiger partial charge in [-0.3, -0.25) is 4.79 Å². The Balaban J connectivity index is 0.00000162. The van der Waals surface area contributed by atoms with E-state index in [0.29, 0.717) is 6.42 Å². The molecule has 2 aliphatic rings. The molecule has 2 unspecified atom stereocenters. The van der Waals surface area contributed by atoms with Crippen LogP contribution >= 0.6 is 12.4 Å². The van der Waals surface area contributed by atoms with Crippen molar-refractivity contribution in [3.63, 3.8) is 0 Å². The molecule has 2 fully saturated rings. The third kappa shape index (κ3) is 4.75. The van der Waals surface area contributed by atoms with Crippen LogP contribution in [0.4, 0.5) is 0 Å². The van der Waals surface area contributed by atoms with Gasteiger partial charge >= 0.3 is 0 Å². The number of hydrogen-bond acceptors (Lipinski definition) is 3. The molecule has 18 heavy (non-hydrogen) atoms. The van der Waals surface area contributed by atoms with Gasteiger partial charge in [0, 0.05) is 19.7 Å². The lowest BCUT2D eigenvalue weighted by atomic mass is 9.83. The van der Waals surface area contributed by atoms with Crippen LogP contribution < -0.4 is 10.6 Å². The summed E-state index contributed by atoms with van der Waals surface area (Å²) in [5, 5.41) is 6.46. The molecule has 0 aromatic rings. The molecule has 0 aromatic heterocycles. The second-order valence-corrected chi connectivity index (χ2v) is 5.71. The van der Waals surface area contributed by atoms with Gasteiger partial charge in [-0.15, -0.1) is 12.4 Å². The van der Waals surface area contributed by atoms with Crippen molar-refractivity contribution in [3.05, 3.63) is 0 Å². The van der Waals surface area contributed by atoms with Crippen molar-refractivity contribution in [1.82, 2.24) is 10.6 Å². The first kappa shape index (κ1) is 15.7. The lowest BCUT2D eigenvalue weighted by molar-refractivity contribution is -0.123. The topological polar surface area (TPSA) is 50.4 Å². The van der Waals surface area contributed by atoms with Crippen LogP contribution in [0.25, 0.3) is 0 Å². The minimum atomic E-state index is 0. The Bertz CT molecular complexity index is 262. The number of hydrogen-bond donors (Lipinski definition) is 2. The summed E-state index contributed by atoms with van der Waals surface area (Å²) in [5.74, 6) is 0.142. The summed E-state index contributed by atoms with van der Waals surface area (Å²) < 4.78 is 5.47. The van der Waals surface area contributed by atoms with E-state index < -0.39 is 0 Å². The van der Waals surface area contributed by atoms with Crippen LogP contribution in [0.3, 0.4) is 0 Å². The molecule has 0 spiro atoms. The molecule has 2 atom stereocenters. The van der Waals surface area contributed by atoms with Crippen LogP contribution in [0.5, 0.6) is 0 Å². The van der Waals surface area contributed by atoms with Gasteiger partial charge in [-0.25, -0.2) is 0 Å². The number of carbonyl (C=O) groups is 1. The van der Waals surface area contributed by atoms with Crippen LogP contribution in [-0.2, 0) is 9.53 Å². The van der Waals surface area contributed by atoms with E-state index in [1.807, 2.05) is 0 Å². The molecule has 0 radical (unpaired) electrons. The number of nitrogens with one attached hydrogen (secondary N) is 2. The summed E-state index contributed by atoms with van der Waals surface area (Å²) >= 11 is 0. The molecule has 0 bridgehead atoms. The summed E-state index contributed by atoms with van der Waals surface area (Å²) in [4.78, 5) is 11.8. The molecule has 2 saturated heterocycles. The summed E-state index contributed by atoms with van der Waals surface area (Å²) in [7, 11) is 0. The first-order valence-electron chi connectivity index (χ1n) is 6.77. The zero-order valence-electron chi connectivity index (χ0n) is 11.2. The van der Waals surface area contributed by atoms with Gasteiger partial charge in [-0.2, -0.15) is 0 Å². The highest BCUT2D eigenvalue weighted by Crippen LogP contribution is 2.24. The first-order chi connectivity index (χ1) is 8.18. The monoisotopic (exact) mass is 276 g/mol. The first-order valence-corrected chi connectivity index (χ1v) is 6.77. The maximum atomic E-state index is 11.8. The highest BCUT2D eigenvalue weighted by molar-refractivity contribution is 5.85. The Morgan fingerprint density at radius 3 is 2.94 bits per heavy atom. The number of ether oxygens (including phenoxy) is 1. The summed E-state index contributed by atoms with van der Waals surface area (Å²) in [5.41, 5.74) is 0.227.